The topological polar surface area (TPSA) is 51.0 Å². The summed E-state index contributed by atoms with van der Waals surface area (Å²) in [4.78, 5) is 8.16. The van der Waals surface area contributed by atoms with E-state index < -0.39 is 0 Å². The van der Waals surface area contributed by atoms with Crippen molar-refractivity contribution >= 4 is 0 Å². The van der Waals surface area contributed by atoms with E-state index in [2.05, 4.69) is 11.1 Å². The van der Waals surface area contributed by atoms with Gasteiger partial charge in [-0.3, -0.25) is 4.84 Å². The van der Waals surface area contributed by atoms with Crippen LogP contribution in [-0.2, 0) is 17.7 Å². The van der Waals surface area contributed by atoms with Gasteiger partial charge in [0.1, 0.15) is 6.10 Å². The molecule has 0 radical (unpaired) electrons. The molecule has 0 spiro atoms. The second-order valence-corrected chi connectivity index (χ2v) is 3.71. The summed E-state index contributed by atoms with van der Waals surface area (Å²) in [7, 11) is 0. The smallest absolute Gasteiger partial charge is 0.116 e. The molecule has 3 heteroatoms. The van der Waals surface area contributed by atoms with E-state index in [4.69, 9.17) is 10.7 Å². The number of nitrogens with two attached hydrogens (primary N) is 1. The summed E-state index contributed by atoms with van der Waals surface area (Å²) in [5, 5.41) is 0. The van der Waals surface area contributed by atoms with Crippen LogP contribution in [0.2, 0.25) is 0 Å². The van der Waals surface area contributed by atoms with E-state index in [-0.39, 0.29) is 6.10 Å². The zero-order valence-corrected chi connectivity index (χ0v) is 7.97. The maximum Gasteiger partial charge on any atom is 0.116 e. The first-order valence-corrected chi connectivity index (χ1v) is 4.87. The molecule has 2 rings (SSSR count). The van der Waals surface area contributed by atoms with Gasteiger partial charge in [-0.15, -0.1) is 0 Å². The van der Waals surface area contributed by atoms with Crippen LogP contribution in [0.5, 0.6) is 0 Å². The Morgan fingerprint density at radius 2 is 2.23 bits per heavy atom. The molecule has 3 nitrogen and oxygen atoms in total. The average Bonchev–Trinajstić information content (AvgIpc) is 2.59. The van der Waals surface area contributed by atoms with Crippen molar-refractivity contribution in [2.75, 3.05) is 0 Å². The van der Waals surface area contributed by atoms with E-state index in [9.17, 15) is 0 Å². The summed E-state index contributed by atoms with van der Waals surface area (Å²) in [5.74, 6) is 5.14. The van der Waals surface area contributed by atoms with E-state index in [0.717, 1.165) is 5.69 Å². The molecule has 3 N–H and O–H groups in total. The molecule has 0 aromatic carbocycles. The monoisotopic (exact) mass is 180 g/mol. The van der Waals surface area contributed by atoms with Gasteiger partial charge in [0, 0.05) is 11.4 Å². The largest absolute Gasteiger partial charge is 0.360 e. The van der Waals surface area contributed by atoms with Gasteiger partial charge in [0.05, 0.1) is 0 Å². The molecule has 0 fully saturated rings. The number of rotatable bonds is 2. The highest BCUT2D eigenvalue weighted by atomic mass is 16.6. The molecule has 1 heterocycles. The Kier molecular flexibility index (Phi) is 2.38. The molecule has 1 aliphatic rings. The van der Waals surface area contributed by atoms with Crippen LogP contribution in [0.3, 0.4) is 0 Å². The first kappa shape index (κ1) is 8.78. The summed E-state index contributed by atoms with van der Waals surface area (Å²) in [6.07, 6.45) is 4.95. The van der Waals surface area contributed by atoms with Crippen molar-refractivity contribution in [3.63, 3.8) is 0 Å². The fourth-order valence-corrected chi connectivity index (χ4v) is 1.92. The molecule has 1 aliphatic carbocycles. The highest BCUT2D eigenvalue weighted by Crippen LogP contribution is 2.24. The van der Waals surface area contributed by atoms with Crippen LogP contribution < -0.4 is 5.90 Å². The number of aryl methyl sites for hydroxylation is 2. The van der Waals surface area contributed by atoms with Crippen LogP contribution in [-0.4, -0.2) is 4.98 Å². The molecular formula is C10H16N2O. The lowest BCUT2D eigenvalue weighted by Crippen LogP contribution is -2.05. The number of nitrogens with one attached hydrogen (secondary N) is 1. The SMILES string of the molecule is CC(ON)c1cc2c([nH]1)CCCC2. The molecule has 0 bridgehead atoms. The summed E-state index contributed by atoms with van der Waals surface area (Å²) in [5.41, 5.74) is 3.93. The summed E-state index contributed by atoms with van der Waals surface area (Å²) in [6, 6.07) is 2.19. The van der Waals surface area contributed by atoms with Crippen LogP contribution in [0.15, 0.2) is 6.07 Å². The zero-order valence-electron chi connectivity index (χ0n) is 7.97. The van der Waals surface area contributed by atoms with Crippen molar-refractivity contribution < 1.29 is 4.84 Å². The summed E-state index contributed by atoms with van der Waals surface area (Å²) >= 11 is 0. The van der Waals surface area contributed by atoms with Gasteiger partial charge in [0.25, 0.3) is 0 Å². The highest BCUT2D eigenvalue weighted by Gasteiger charge is 2.15. The second kappa shape index (κ2) is 3.52. The molecular weight excluding hydrogens is 164 g/mol. The minimum Gasteiger partial charge on any atom is -0.360 e. The van der Waals surface area contributed by atoms with Gasteiger partial charge in [0.15, 0.2) is 0 Å². The lowest BCUT2D eigenvalue weighted by molar-refractivity contribution is 0.0637. The van der Waals surface area contributed by atoms with Gasteiger partial charge in [-0.05, 0) is 44.2 Å². The van der Waals surface area contributed by atoms with Gasteiger partial charge in [-0.1, -0.05) is 0 Å². The van der Waals surface area contributed by atoms with Crippen LogP contribution in [0.1, 0.15) is 42.8 Å². The predicted octanol–water partition coefficient (Wildman–Crippen LogP) is 1.84. The first-order chi connectivity index (χ1) is 6.31. The van der Waals surface area contributed by atoms with Crippen molar-refractivity contribution in [3.8, 4) is 0 Å². The van der Waals surface area contributed by atoms with Crippen molar-refractivity contribution in [2.45, 2.75) is 38.7 Å². The Balaban J connectivity index is 2.25. The molecule has 72 valence electrons. The molecule has 13 heavy (non-hydrogen) atoms. The molecule has 1 aromatic rings. The maximum absolute atomic E-state index is 5.14. The van der Waals surface area contributed by atoms with Gasteiger partial charge >= 0.3 is 0 Å². The molecule has 1 unspecified atom stereocenters. The quantitative estimate of drug-likeness (QED) is 0.682. The molecule has 0 saturated heterocycles. The lowest BCUT2D eigenvalue weighted by atomic mass is 9.98. The number of hydrogen-bond acceptors (Lipinski definition) is 2. The van der Waals surface area contributed by atoms with Crippen LogP contribution in [0.4, 0.5) is 0 Å². The fraction of sp³-hybridized carbons (Fsp3) is 0.600. The number of aromatic amines is 1. The Bertz CT molecular complexity index is 270. The minimum atomic E-state index is -0.0226. The predicted molar refractivity (Wildman–Crippen MR) is 51.1 cm³/mol. The lowest BCUT2D eigenvalue weighted by Gasteiger charge is -2.09. The van der Waals surface area contributed by atoms with Crippen molar-refractivity contribution in [3.05, 3.63) is 23.0 Å². The van der Waals surface area contributed by atoms with Crippen molar-refractivity contribution in [1.82, 2.24) is 4.98 Å². The van der Waals surface area contributed by atoms with E-state index in [0.29, 0.717) is 0 Å². The number of hydrogen-bond donors (Lipinski definition) is 2. The van der Waals surface area contributed by atoms with Gasteiger partial charge < -0.3 is 4.98 Å². The zero-order chi connectivity index (χ0) is 9.26. The van der Waals surface area contributed by atoms with Crippen molar-refractivity contribution in [2.24, 2.45) is 5.90 Å². The third-order valence-electron chi connectivity index (χ3n) is 2.78. The van der Waals surface area contributed by atoms with E-state index >= 15 is 0 Å². The van der Waals surface area contributed by atoms with Gasteiger partial charge in [0.2, 0.25) is 0 Å². The molecule has 0 amide bonds. The normalized spacial score (nSPS) is 18.3. The van der Waals surface area contributed by atoms with Gasteiger partial charge in [-0.25, -0.2) is 5.90 Å². The average molecular weight is 180 g/mol. The van der Waals surface area contributed by atoms with Crippen molar-refractivity contribution in [1.29, 1.82) is 0 Å². The molecule has 1 aromatic heterocycles. The standard InChI is InChI=1S/C10H16N2O/c1-7(13-11)10-6-8-4-2-3-5-9(8)12-10/h6-7,12H,2-5,11H2,1H3. The Morgan fingerprint density at radius 1 is 1.46 bits per heavy atom. The number of H-pyrrole nitrogens is 1. The third kappa shape index (κ3) is 1.62. The van der Waals surface area contributed by atoms with Crippen LogP contribution in [0, 0.1) is 0 Å². The number of fused-ring (bicyclic) bond motifs is 1. The Hall–Kier alpha value is -0.800. The Labute approximate surface area is 78.2 Å². The van der Waals surface area contributed by atoms with E-state index in [1.807, 2.05) is 6.92 Å². The minimum absolute atomic E-state index is 0.0226. The fourth-order valence-electron chi connectivity index (χ4n) is 1.92. The molecule has 0 aliphatic heterocycles. The van der Waals surface area contributed by atoms with E-state index in [1.54, 1.807) is 0 Å². The van der Waals surface area contributed by atoms with E-state index in [1.165, 1.54) is 36.9 Å². The molecule has 0 saturated carbocycles. The van der Waals surface area contributed by atoms with Gasteiger partial charge in [-0.2, -0.15) is 0 Å². The maximum atomic E-state index is 5.14. The van der Waals surface area contributed by atoms with Crippen LogP contribution >= 0.6 is 0 Å². The Morgan fingerprint density at radius 3 is 2.92 bits per heavy atom. The van der Waals surface area contributed by atoms with Crippen LogP contribution in [0.25, 0.3) is 0 Å². The number of aromatic nitrogens is 1. The first-order valence-electron chi connectivity index (χ1n) is 4.87. The summed E-state index contributed by atoms with van der Waals surface area (Å²) < 4.78 is 0. The molecule has 1 atom stereocenters. The highest BCUT2D eigenvalue weighted by molar-refractivity contribution is 5.29. The second-order valence-electron chi connectivity index (χ2n) is 3.71. The summed E-state index contributed by atoms with van der Waals surface area (Å²) in [6.45, 7) is 1.96. The third-order valence-corrected chi connectivity index (χ3v) is 2.78.